The zero-order valence-electron chi connectivity index (χ0n) is 21.5. The van der Waals surface area contributed by atoms with Gasteiger partial charge in [0.05, 0.1) is 11.2 Å². The third kappa shape index (κ3) is 2.89. The highest BCUT2D eigenvalue weighted by molar-refractivity contribution is 6.00. The van der Waals surface area contributed by atoms with Gasteiger partial charge in [-0.15, -0.1) is 0 Å². The zero-order valence-corrected chi connectivity index (χ0v) is 21.5. The molecule has 2 aliphatic rings. The van der Waals surface area contributed by atoms with Gasteiger partial charge < -0.3 is 0 Å². The van der Waals surface area contributed by atoms with Gasteiger partial charge in [0.1, 0.15) is 0 Å². The fourth-order valence-corrected chi connectivity index (χ4v) is 6.78. The molecule has 0 radical (unpaired) electrons. The Morgan fingerprint density at radius 1 is 0.605 bits per heavy atom. The van der Waals surface area contributed by atoms with Crippen molar-refractivity contribution in [3.8, 4) is 44.9 Å². The van der Waals surface area contributed by atoms with Crippen LogP contribution in [0.2, 0.25) is 0 Å². The minimum Gasteiger partial charge on any atom is -0.228 e. The second kappa shape index (κ2) is 7.72. The molecule has 2 nitrogen and oxygen atoms in total. The lowest BCUT2D eigenvalue weighted by Crippen LogP contribution is -2.16. The number of aromatic nitrogens is 2. The predicted octanol–water partition coefficient (Wildman–Crippen LogP) is 8.84. The van der Waals surface area contributed by atoms with Crippen molar-refractivity contribution >= 4 is 10.9 Å². The maximum atomic E-state index is 5.30. The molecule has 0 N–H and O–H groups in total. The van der Waals surface area contributed by atoms with Crippen LogP contribution in [-0.4, -0.2) is 9.97 Å². The number of rotatable bonds is 2. The first-order chi connectivity index (χ1) is 18.6. The van der Waals surface area contributed by atoms with Gasteiger partial charge >= 0.3 is 0 Å². The van der Waals surface area contributed by atoms with Crippen LogP contribution in [0.3, 0.4) is 0 Å². The zero-order chi connectivity index (χ0) is 25.4. The normalized spacial score (nSPS) is 14.2. The maximum absolute atomic E-state index is 5.30. The molecule has 0 aliphatic heterocycles. The number of fused-ring (bicyclic) bond motifs is 8. The van der Waals surface area contributed by atoms with Crippen LogP contribution in [0.1, 0.15) is 36.1 Å². The van der Waals surface area contributed by atoms with Crippen molar-refractivity contribution in [1.82, 2.24) is 9.97 Å². The monoisotopic (exact) mass is 486 g/mol. The molecule has 5 aromatic carbocycles. The van der Waals surface area contributed by atoms with Crippen molar-refractivity contribution in [1.29, 1.82) is 0 Å². The standard InChI is InChI=1S/C36H26N2/c1-36(2)29-18-10-8-16-26(29)32-28(21-24-20-23-14-6-7-15-25(23)31(24)33(32)36)35-37-30-19-11-9-17-27(30)34(38-35)22-12-4-3-5-13-22/h3-19,21H,20H2,1-2H3. The Balaban J connectivity index is 1.50. The molecule has 6 aromatic rings. The van der Waals surface area contributed by atoms with E-state index in [9.17, 15) is 0 Å². The Hall–Kier alpha value is -4.56. The largest absolute Gasteiger partial charge is 0.228 e. The van der Waals surface area contributed by atoms with E-state index in [1.165, 1.54) is 44.5 Å². The Morgan fingerprint density at radius 2 is 1.32 bits per heavy atom. The summed E-state index contributed by atoms with van der Waals surface area (Å²) in [4.78, 5) is 10.5. The summed E-state index contributed by atoms with van der Waals surface area (Å²) in [6, 6.07) is 39.0. The van der Waals surface area contributed by atoms with E-state index in [0.29, 0.717) is 0 Å². The van der Waals surface area contributed by atoms with E-state index >= 15 is 0 Å². The Labute approximate surface area is 222 Å². The topological polar surface area (TPSA) is 25.8 Å². The molecule has 0 atom stereocenters. The second-order valence-corrected chi connectivity index (χ2v) is 11.0. The van der Waals surface area contributed by atoms with Crippen LogP contribution in [-0.2, 0) is 11.8 Å². The lowest BCUT2D eigenvalue weighted by Gasteiger charge is -2.25. The fourth-order valence-electron chi connectivity index (χ4n) is 6.78. The van der Waals surface area contributed by atoms with Gasteiger partial charge in [0.2, 0.25) is 0 Å². The molecular weight excluding hydrogens is 460 g/mol. The first-order valence-corrected chi connectivity index (χ1v) is 13.3. The molecule has 0 saturated carbocycles. The molecular formula is C36H26N2. The van der Waals surface area contributed by atoms with Crippen LogP contribution >= 0.6 is 0 Å². The summed E-state index contributed by atoms with van der Waals surface area (Å²) >= 11 is 0. The van der Waals surface area contributed by atoms with Gasteiger partial charge in [0.15, 0.2) is 5.82 Å². The van der Waals surface area contributed by atoms with E-state index in [4.69, 9.17) is 9.97 Å². The highest BCUT2D eigenvalue weighted by Gasteiger charge is 2.42. The first kappa shape index (κ1) is 21.5. The molecule has 8 rings (SSSR count). The minimum absolute atomic E-state index is 0.122. The molecule has 1 aromatic heterocycles. The molecule has 0 amide bonds. The average Bonchev–Trinajstić information content (AvgIpc) is 3.45. The molecule has 0 bridgehead atoms. The Bertz CT molecular complexity index is 1910. The fraction of sp³-hybridized carbons (Fsp3) is 0.111. The average molecular weight is 487 g/mol. The van der Waals surface area contributed by atoms with E-state index in [-0.39, 0.29) is 5.41 Å². The van der Waals surface area contributed by atoms with E-state index < -0.39 is 0 Å². The summed E-state index contributed by atoms with van der Waals surface area (Å²) in [5.74, 6) is 0.796. The lowest BCUT2D eigenvalue weighted by atomic mass is 9.78. The summed E-state index contributed by atoms with van der Waals surface area (Å²) in [6.45, 7) is 4.75. The third-order valence-corrected chi connectivity index (χ3v) is 8.46. The van der Waals surface area contributed by atoms with Crippen molar-refractivity contribution in [3.05, 3.63) is 131 Å². The van der Waals surface area contributed by atoms with Crippen LogP contribution in [0.5, 0.6) is 0 Å². The maximum Gasteiger partial charge on any atom is 0.161 e. The lowest BCUT2D eigenvalue weighted by molar-refractivity contribution is 0.662. The van der Waals surface area contributed by atoms with Gasteiger partial charge in [0, 0.05) is 21.9 Å². The van der Waals surface area contributed by atoms with Crippen LogP contribution in [0.15, 0.2) is 109 Å². The molecule has 0 unspecified atom stereocenters. The van der Waals surface area contributed by atoms with E-state index in [1.54, 1.807) is 0 Å². The van der Waals surface area contributed by atoms with Gasteiger partial charge in [-0.2, -0.15) is 0 Å². The summed E-state index contributed by atoms with van der Waals surface area (Å²) in [7, 11) is 0. The molecule has 0 fully saturated rings. The Morgan fingerprint density at radius 3 is 2.18 bits per heavy atom. The van der Waals surface area contributed by atoms with Crippen LogP contribution < -0.4 is 0 Å². The van der Waals surface area contributed by atoms with Gasteiger partial charge in [-0.05, 0) is 63.1 Å². The molecule has 180 valence electrons. The highest BCUT2D eigenvalue weighted by Crippen LogP contribution is 2.58. The van der Waals surface area contributed by atoms with Gasteiger partial charge in [-0.3, -0.25) is 0 Å². The predicted molar refractivity (Wildman–Crippen MR) is 156 cm³/mol. The third-order valence-electron chi connectivity index (χ3n) is 8.46. The van der Waals surface area contributed by atoms with E-state index in [2.05, 4.69) is 123 Å². The first-order valence-electron chi connectivity index (χ1n) is 13.3. The van der Waals surface area contributed by atoms with Crippen molar-refractivity contribution < 1.29 is 0 Å². The number of hydrogen-bond acceptors (Lipinski definition) is 2. The van der Waals surface area contributed by atoms with Crippen LogP contribution in [0.25, 0.3) is 55.8 Å². The summed E-state index contributed by atoms with van der Waals surface area (Å²) in [6.07, 6.45) is 0.942. The summed E-state index contributed by atoms with van der Waals surface area (Å²) < 4.78 is 0. The van der Waals surface area contributed by atoms with Crippen LogP contribution in [0.4, 0.5) is 0 Å². The van der Waals surface area contributed by atoms with Crippen LogP contribution in [0, 0.1) is 0 Å². The number of nitrogens with zero attached hydrogens (tertiary/aromatic N) is 2. The summed E-state index contributed by atoms with van der Waals surface area (Å²) in [5.41, 5.74) is 15.0. The SMILES string of the molecule is CC1(C)c2ccccc2-c2c(-c3nc(-c4ccccc4)c4ccccc4n3)cc3c(c21)-c1ccccc1C3. The summed E-state index contributed by atoms with van der Waals surface area (Å²) in [5, 5.41) is 1.08. The van der Waals surface area contributed by atoms with Crippen molar-refractivity contribution in [2.24, 2.45) is 0 Å². The number of para-hydroxylation sites is 1. The van der Waals surface area contributed by atoms with Gasteiger partial charge in [0.25, 0.3) is 0 Å². The quantitative estimate of drug-likeness (QED) is 0.244. The number of hydrogen-bond donors (Lipinski definition) is 0. The Kier molecular flexibility index (Phi) is 4.37. The van der Waals surface area contributed by atoms with Crippen molar-refractivity contribution in [3.63, 3.8) is 0 Å². The van der Waals surface area contributed by atoms with E-state index in [1.807, 2.05) is 0 Å². The van der Waals surface area contributed by atoms with Crippen molar-refractivity contribution in [2.75, 3.05) is 0 Å². The molecule has 0 saturated heterocycles. The highest BCUT2D eigenvalue weighted by atomic mass is 14.9. The molecule has 38 heavy (non-hydrogen) atoms. The molecule has 2 heteroatoms. The second-order valence-electron chi connectivity index (χ2n) is 11.0. The number of benzene rings is 5. The smallest absolute Gasteiger partial charge is 0.161 e. The molecule has 0 spiro atoms. The molecule has 2 aliphatic carbocycles. The van der Waals surface area contributed by atoms with Gasteiger partial charge in [-0.25, -0.2) is 9.97 Å². The minimum atomic E-state index is -0.122. The van der Waals surface area contributed by atoms with Crippen molar-refractivity contribution in [2.45, 2.75) is 25.7 Å². The molecule has 1 heterocycles. The van der Waals surface area contributed by atoms with E-state index in [0.717, 1.165) is 40.0 Å². The van der Waals surface area contributed by atoms with Gasteiger partial charge in [-0.1, -0.05) is 111 Å².